The van der Waals surface area contributed by atoms with Crippen LogP contribution in [0, 0.1) is 6.92 Å². The average molecular weight is 483 g/mol. The number of carbonyl (C=O) groups is 2. The highest BCUT2D eigenvalue weighted by Crippen LogP contribution is 2.37. The zero-order valence-corrected chi connectivity index (χ0v) is 20.3. The van der Waals surface area contributed by atoms with Crippen LogP contribution >= 0.6 is 11.8 Å². The smallest absolute Gasteiger partial charge is 0.255 e. The number of hydrogen-bond donors (Lipinski definition) is 2. The van der Waals surface area contributed by atoms with Crippen molar-refractivity contribution in [1.82, 2.24) is 0 Å². The molecule has 0 aliphatic carbocycles. The van der Waals surface area contributed by atoms with Crippen molar-refractivity contribution in [2.24, 2.45) is 0 Å². The van der Waals surface area contributed by atoms with E-state index in [2.05, 4.69) is 10.6 Å². The van der Waals surface area contributed by atoms with Gasteiger partial charge in [-0.05, 0) is 55.0 Å². The van der Waals surface area contributed by atoms with Gasteiger partial charge in [0.2, 0.25) is 5.91 Å². The largest absolute Gasteiger partial charge is 0.497 e. The molecule has 0 aromatic heterocycles. The first-order valence-corrected chi connectivity index (χ1v) is 12.0. The third kappa shape index (κ3) is 6.52. The van der Waals surface area contributed by atoms with Gasteiger partial charge in [0, 0.05) is 27.9 Å². The molecule has 0 fully saturated rings. The van der Waals surface area contributed by atoms with Gasteiger partial charge in [-0.2, -0.15) is 0 Å². The minimum absolute atomic E-state index is 0.149. The van der Waals surface area contributed by atoms with Crippen LogP contribution in [-0.4, -0.2) is 18.9 Å². The fourth-order valence-electron chi connectivity index (χ4n) is 3.50. The predicted octanol–water partition coefficient (Wildman–Crippen LogP) is 6.73. The van der Waals surface area contributed by atoms with Crippen molar-refractivity contribution in [3.8, 4) is 5.75 Å². The maximum absolute atomic E-state index is 13.3. The van der Waals surface area contributed by atoms with E-state index in [4.69, 9.17) is 4.74 Å². The minimum atomic E-state index is -0.495. The van der Waals surface area contributed by atoms with Crippen LogP contribution in [0.25, 0.3) is 0 Å². The summed E-state index contributed by atoms with van der Waals surface area (Å²) in [6.07, 6.45) is 0. The highest BCUT2D eigenvalue weighted by atomic mass is 32.2. The Kier molecular flexibility index (Phi) is 7.85. The molecule has 0 heterocycles. The topological polar surface area (TPSA) is 67.4 Å². The number of aryl methyl sites for hydroxylation is 1. The molecule has 4 aromatic rings. The molecule has 0 radical (unpaired) electrons. The van der Waals surface area contributed by atoms with Crippen LogP contribution in [0.4, 0.5) is 11.4 Å². The van der Waals surface area contributed by atoms with Gasteiger partial charge in [-0.25, -0.2) is 0 Å². The van der Waals surface area contributed by atoms with Gasteiger partial charge < -0.3 is 15.4 Å². The summed E-state index contributed by atoms with van der Waals surface area (Å²) in [5.41, 5.74) is 3.90. The number of methoxy groups -OCH3 is 1. The molecule has 0 saturated carbocycles. The molecular weight excluding hydrogens is 456 g/mol. The summed E-state index contributed by atoms with van der Waals surface area (Å²) < 4.78 is 5.27. The zero-order chi connectivity index (χ0) is 24.6. The molecule has 0 aliphatic heterocycles. The summed E-state index contributed by atoms with van der Waals surface area (Å²) >= 11 is 1.42. The van der Waals surface area contributed by atoms with E-state index in [9.17, 15) is 9.59 Å². The molecule has 35 heavy (non-hydrogen) atoms. The van der Waals surface area contributed by atoms with Crippen molar-refractivity contribution in [1.29, 1.82) is 0 Å². The van der Waals surface area contributed by atoms with Crippen LogP contribution in [0.2, 0.25) is 0 Å². The molecule has 176 valence electrons. The first-order valence-electron chi connectivity index (χ1n) is 11.2. The van der Waals surface area contributed by atoms with Crippen molar-refractivity contribution >= 4 is 35.0 Å². The number of anilines is 2. The molecule has 4 rings (SSSR count). The summed E-state index contributed by atoms with van der Waals surface area (Å²) in [7, 11) is 1.59. The predicted molar refractivity (Wildman–Crippen MR) is 142 cm³/mol. The third-order valence-corrected chi connectivity index (χ3v) is 6.59. The van der Waals surface area contributed by atoms with Gasteiger partial charge in [0.05, 0.1) is 7.11 Å². The highest BCUT2D eigenvalue weighted by Gasteiger charge is 2.22. The Morgan fingerprint density at radius 1 is 0.771 bits per heavy atom. The van der Waals surface area contributed by atoms with E-state index in [0.717, 1.165) is 16.0 Å². The maximum Gasteiger partial charge on any atom is 0.255 e. The highest BCUT2D eigenvalue weighted by molar-refractivity contribution is 8.00. The second kappa shape index (κ2) is 11.4. The summed E-state index contributed by atoms with van der Waals surface area (Å²) in [6.45, 7) is 1.98. The molecule has 4 aromatic carbocycles. The molecule has 2 N–H and O–H groups in total. The maximum atomic E-state index is 13.3. The van der Waals surface area contributed by atoms with E-state index >= 15 is 0 Å². The molecule has 0 bridgehead atoms. The Morgan fingerprint density at radius 2 is 1.46 bits per heavy atom. The quantitative estimate of drug-likeness (QED) is 0.273. The molecule has 6 heteroatoms. The number of nitrogens with one attached hydrogen (secondary N) is 2. The molecular formula is C29H26N2O3S. The number of hydrogen-bond acceptors (Lipinski definition) is 4. The van der Waals surface area contributed by atoms with Gasteiger partial charge in [0.25, 0.3) is 5.91 Å². The Labute approximate surface area is 209 Å². The second-order valence-corrected chi connectivity index (χ2v) is 9.16. The lowest BCUT2D eigenvalue weighted by molar-refractivity contribution is -0.115. The number of thioether (sulfide) groups is 1. The van der Waals surface area contributed by atoms with Crippen molar-refractivity contribution in [2.75, 3.05) is 17.7 Å². The van der Waals surface area contributed by atoms with Gasteiger partial charge in [0.15, 0.2) is 0 Å². The number of ether oxygens (including phenoxy) is 1. The van der Waals surface area contributed by atoms with E-state index in [1.54, 1.807) is 25.3 Å². The zero-order valence-electron chi connectivity index (χ0n) is 19.5. The van der Waals surface area contributed by atoms with E-state index in [1.807, 2.05) is 91.9 Å². The Bertz CT molecular complexity index is 1310. The lowest BCUT2D eigenvalue weighted by atomic mass is 10.1. The van der Waals surface area contributed by atoms with E-state index in [0.29, 0.717) is 22.7 Å². The minimum Gasteiger partial charge on any atom is -0.497 e. The van der Waals surface area contributed by atoms with Crippen LogP contribution in [0.3, 0.4) is 0 Å². The molecule has 5 nitrogen and oxygen atoms in total. The summed E-state index contributed by atoms with van der Waals surface area (Å²) in [6, 6.07) is 31.8. The van der Waals surface area contributed by atoms with E-state index in [1.165, 1.54) is 11.8 Å². The van der Waals surface area contributed by atoms with Crippen molar-refractivity contribution < 1.29 is 14.3 Å². The van der Waals surface area contributed by atoms with Crippen molar-refractivity contribution in [3.63, 3.8) is 0 Å². The van der Waals surface area contributed by atoms with Gasteiger partial charge in [-0.15, -0.1) is 11.8 Å². The first kappa shape index (κ1) is 24.1. The Morgan fingerprint density at radius 3 is 2.17 bits per heavy atom. The normalized spacial score (nSPS) is 11.4. The van der Waals surface area contributed by atoms with Crippen LogP contribution in [0.15, 0.2) is 108 Å². The van der Waals surface area contributed by atoms with Crippen LogP contribution in [0.5, 0.6) is 5.75 Å². The molecule has 2 amide bonds. The number of amides is 2. The average Bonchev–Trinajstić information content (AvgIpc) is 2.88. The van der Waals surface area contributed by atoms with Crippen LogP contribution in [0.1, 0.15) is 26.7 Å². The van der Waals surface area contributed by atoms with Crippen molar-refractivity contribution in [2.45, 2.75) is 17.1 Å². The lowest BCUT2D eigenvalue weighted by Crippen LogP contribution is -2.19. The van der Waals surface area contributed by atoms with Gasteiger partial charge in [-0.3, -0.25) is 9.59 Å². The molecule has 1 unspecified atom stereocenters. The standard InChI is InChI=1S/C29H26N2O3S/c1-20-14-16-22(17-15-20)28(32)30-24-11-7-13-26(19-24)35-27(21-8-4-3-5-9-21)29(33)31-23-10-6-12-25(18-23)34-2/h3-19,27H,1-2H3,(H,30,32)(H,31,33). The summed E-state index contributed by atoms with van der Waals surface area (Å²) in [5.74, 6) is 0.342. The van der Waals surface area contributed by atoms with Gasteiger partial charge >= 0.3 is 0 Å². The molecule has 0 spiro atoms. The van der Waals surface area contributed by atoms with Gasteiger partial charge in [-0.1, -0.05) is 60.2 Å². The first-order chi connectivity index (χ1) is 17.0. The summed E-state index contributed by atoms with van der Waals surface area (Å²) in [5, 5.41) is 5.45. The molecule has 0 aliphatic rings. The van der Waals surface area contributed by atoms with Crippen LogP contribution < -0.4 is 15.4 Å². The SMILES string of the molecule is COc1cccc(NC(=O)C(Sc2cccc(NC(=O)c3ccc(C)cc3)c2)c2ccccc2)c1. The Balaban J connectivity index is 1.53. The van der Waals surface area contributed by atoms with Crippen LogP contribution in [-0.2, 0) is 4.79 Å². The lowest BCUT2D eigenvalue weighted by Gasteiger charge is -2.18. The second-order valence-electron chi connectivity index (χ2n) is 7.98. The summed E-state index contributed by atoms with van der Waals surface area (Å²) in [4.78, 5) is 26.9. The van der Waals surface area contributed by atoms with Crippen molar-refractivity contribution in [3.05, 3.63) is 120 Å². The number of rotatable bonds is 8. The Hall–Kier alpha value is -4.03. The fraction of sp³-hybridized carbons (Fsp3) is 0.103. The molecule has 1 atom stereocenters. The number of carbonyl (C=O) groups excluding carboxylic acids is 2. The third-order valence-electron chi connectivity index (χ3n) is 5.34. The number of benzene rings is 4. The molecule has 0 saturated heterocycles. The van der Waals surface area contributed by atoms with E-state index in [-0.39, 0.29) is 11.8 Å². The van der Waals surface area contributed by atoms with E-state index < -0.39 is 5.25 Å². The fourth-order valence-corrected chi connectivity index (χ4v) is 4.58. The monoisotopic (exact) mass is 482 g/mol. The van der Waals surface area contributed by atoms with Gasteiger partial charge in [0.1, 0.15) is 11.0 Å².